The summed E-state index contributed by atoms with van der Waals surface area (Å²) in [7, 11) is 0. The second kappa shape index (κ2) is 6.54. The van der Waals surface area contributed by atoms with Crippen molar-refractivity contribution in [1.82, 2.24) is 4.90 Å². The summed E-state index contributed by atoms with van der Waals surface area (Å²) < 4.78 is 0. The van der Waals surface area contributed by atoms with Gasteiger partial charge in [0, 0.05) is 25.6 Å². The number of nitrogens with zero attached hydrogens (tertiary/aromatic N) is 2. The number of hydrogen-bond acceptors (Lipinski definition) is 4. The summed E-state index contributed by atoms with van der Waals surface area (Å²) in [5.41, 5.74) is 6.83. The van der Waals surface area contributed by atoms with Gasteiger partial charge in [0.05, 0.1) is 6.10 Å². The van der Waals surface area contributed by atoms with Gasteiger partial charge in [0.25, 0.3) is 0 Å². The minimum Gasteiger partial charge on any atom is -0.409 e. The van der Waals surface area contributed by atoms with E-state index in [1.165, 1.54) is 0 Å². The van der Waals surface area contributed by atoms with Crippen molar-refractivity contribution in [3.05, 3.63) is 35.9 Å². The Hall–Kier alpha value is -1.59. The lowest BCUT2D eigenvalue weighted by Gasteiger charge is -2.36. The fourth-order valence-electron chi connectivity index (χ4n) is 2.57. The Bertz CT molecular complexity index is 414. The van der Waals surface area contributed by atoms with Crippen LogP contribution in [0, 0.1) is 0 Å². The summed E-state index contributed by atoms with van der Waals surface area (Å²) in [4.78, 5) is 2.29. The molecule has 1 saturated heterocycles. The summed E-state index contributed by atoms with van der Waals surface area (Å²) in [6, 6.07) is 10.2. The highest BCUT2D eigenvalue weighted by molar-refractivity contribution is 5.80. The molecule has 0 spiro atoms. The largest absolute Gasteiger partial charge is 0.409 e. The zero-order chi connectivity index (χ0) is 13.7. The lowest BCUT2D eigenvalue weighted by molar-refractivity contribution is 0.0616. The van der Waals surface area contributed by atoms with Crippen LogP contribution in [0.4, 0.5) is 0 Å². The summed E-state index contributed by atoms with van der Waals surface area (Å²) >= 11 is 0. The molecule has 1 fully saturated rings. The zero-order valence-corrected chi connectivity index (χ0v) is 10.9. The number of piperidine rings is 1. The Balaban J connectivity index is 2.15. The van der Waals surface area contributed by atoms with Gasteiger partial charge in [0.1, 0.15) is 5.84 Å². The molecular formula is C14H21N3O2. The van der Waals surface area contributed by atoms with Crippen LogP contribution in [0.3, 0.4) is 0 Å². The molecule has 1 unspecified atom stereocenters. The molecule has 5 nitrogen and oxygen atoms in total. The van der Waals surface area contributed by atoms with Crippen LogP contribution in [0.1, 0.15) is 30.9 Å². The average molecular weight is 263 g/mol. The first-order valence-electron chi connectivity index (χ1n) is 6.64. The van der Waals surface area contributed by atoms with Crippen LogP contribution >= 0.6 is 0 Å². The van der Waals surface area contributed by atoms with Crippen molar-refractivity contribution < 1.29 is 10.3 Å². The third kappa shape index (κ3) is 3.68. The predicted molar refractivity (Wildman–Crippen MR) is 74.0 cm³/mol. The fraction of sp³-hybridized carbons (Fsp3) is 0.500. The maximum Gasteiger partial charge on any atom is 0.141 e. The number of aliphatic hydroxyl groups excluding tert-OH is 1. The van der Waals surface area contributed by atoms with Crippen LogP contribution in [-0.2, 0) is 0 Å². The lowest BCUT2D eigenvalue weighted by atomic mass is 9.98. The van der Waals surface area contributed by atoms with Crippen LogP contribution in [-0.4, -0.2) is 40.2 Å². The minimum absolute atomic E-state index is 0.101. The van der Waals surface area contributed by atoms with Crippen molar-refractivity contribution in [2.24, 2.45) is 10.9 Å². The van der Waals surface area contributed by atoms with Gasteiger partial charge in [-0.2, -0.15) is 0 Å². The van der Waals surface area contributed by atoms with Gasteiger partial charge in [-0.15, -0.1) is 0 Å². The van der Waals surface area contributed by atoms with Crippen LogP contribution in [0.25, 0.3) is 0 Å². The van der Waals surface area contributed by atoms with Crippen LogP contribution in [0.5, 0.6) is 0 Å². The second-order valence-corrected chi connectivity index (χ2v) is 4.99. The number of nitrogens with two attached hydrogens (primary N) is 1. The Morgan fingerprint density at radius 2 is 1.95 bits per heavy atom. The molecule has 0 aromatic heterocycles. The maximum atomic E-state index is 9.59. The van der Waals surface area contributed by atoms with E-state index < -0.39 is 0 Å². The third-order valence-corrected chi connectivity index (χ3v) is 3.66. The van der Waals surface area contributed by atoms with Gasteiger partial charge in [-0.1, -0.05) is 35.5 Å². The molecule has 0 amide bonds. The van der Waals surface area contributed by atoms with Gasteiger partial charge in [0.15, 0.2) is 0 Å². The standard InChI is InChI=1S/C14H21N3O2/c15-14(16-19)10-13(11-4-2-1-3-5-11)17-8-6-12(18)7-9-17/h1-5,12-13,18-19H,6-10H2,(H2,15,16). The number of hydrogen-bond donors (Lipinski definition) is 3. The second-order valence-electron chi connectivity index (χ2n) is 4.99. The highest BCUT2D eigenvalue weighted by Crippen LogP contribution is 2.27. The Kier molecular flexibility index (Phi) is 4.76. The molecule has 0 aliphatic carbocycles. The smallest absolute Gasteiger partial charge is 0.141 e. The van der Waals surface area contributed by atoms with E-state index >= 15 is 0 Å². The van der Waals surface area contributed by atoms with E-state index in [9.17, 15) is 5.11 Å². The molecular weight excluding hydrogens is 242 g/mol. The number of oxime groups is 1. The van der Waals surface area contributed by atoms with Crippen molar-refractivity contribution in [2.75, 3.05) is 13.1 Å². The summed E-state index contributed by atoms with van der Waals surface area (Å²) in [6.07, 6.45) is 1.85. The topological polar surface area (TPSA) is 82.1 Å². The number of amidine groups is 1. The molecule has 1 heterocycles. The van der Waals surface area contributed by atoms with Gasteiger partial charge >= 0.3 is 0 Å². The van der Waals surface area contributed by atoms with Crippen LogP contribution < -0.4 is 5.73 Å². The number of aliphatic hydroxyl groups is 1. The molecule has 4 N–H and O–H groups in total. The minimum atomic E-state index is -0.198. The maximum absolute atomic E-state index is 9.59. The Morgan fingerprint density at radius 1 is 1.32 bits per heavy atom. The first-order chi connectivity index (χ1) is 9.20. The van der Waals surface area contributed by atoms with Crippen molar-refractivity contribution >= 4 is 5.84 Å². The number of benzene rings is 1. The normalized spacial score (nSPS) is 20.4. The highest BCUT2D eigenvalue weighted by atomic mass is 16.4. The summed E-state index contributed by atoms with van der Waals surface area (Å²) in [5, 5.41) is 21.4. The van der Waals surface area contributed by atoms with Crippen molar-refractivity contribution in [3.63, 3.8) is 0 Å². The van der Waals surface area contributed by atoms with Gasteiger partial charge in [-0.25, -0.2) is 0 Å². The quantitative estimate of drug-likeness (QED) is 0.331. The van der Waals surface area contributed by atoms with Gasteiger partial charge < -0.3 is 16.0 Å². The number of likely N-dealkylation sites (tertiary alicyclic amines) is 1. The molecule has 104 valence electrons. The molecule has 1 aromatic carbocycles. The van der Waals surface area contributed by atoms with E-state index in [1.54, 1.807) is 0 Å². The molecule has 19 heavy (non-hydrogen) atoms. The van der Waals surface area contributed by atoms with Crippen molar-refractivity contribution in [3.8, 4) is 0 Å². The summed E-state index contributed by atoms with van der Waals surface area (Å²) in [5.74, 6) is 0.236. The molecule has 0 bridgehead atoms. The molecule has 2 rings (SSSR count). The van der Waals surface area contributed by atoms with Crippen molar-refractivity contribution in [1.29, 1.82) is 0 Å². The third-order valence-electron chi connectivity index (χ3n) is 3.66. The summed E-state index contributed by atoms with van der Waals surface area (Å²) in [6.45, 7) is 1.67. The monoisotopic (exact) mass is 263 g/mol. The van der Waals surface area contributed by atoms with E-state index in [0.29, 0.717) is 6.42 Å². The lowest BCUT2D eigenvalue weighted by Crippen LogP contribution is -2.40. The SMILES string of the molecule is NC(CC(c1ccccc1)N1CCC(O)CC1)=NO. The van der Waals surface area contributed by atoms with E-state index in [-0.39, 0.29) is 18.0 Å². The first-order valence-corrected chi connectivity index (χ1v) is 6.64. The van der Waals surface area contributed by atoms with Gasteiger partial charge in [-0.05, 0) is 18.4 Å². The molecule has 1 aromatic rings. The molecule has 0 radical (unpaired) electrons. The Morgan fingerprint density at radius 3 is 2.53 bits per heavy atom. The predicted octanol–water partition coefficient (Wildman–Crippen LogP) is 1.32. The first kappa shape index (κ1) is 13.8. The fourth-order valence-corrected chi connectivity index (χ4v) is 2.57. The molecule has 1 aliphatic heterocycles. The number of rotatable bonds is 4. The van der Waals surface area contributed by atoms with Crippen LogP contribution in [0.2, 0.25) is 0 Å². The van der Waals surface area contributed by atoms with E-state index in [0.717, 1.165) is 31.5 Å². The molecule has 1 atom stereocenters. The Labute approximate surface area is 113 Å². The highest BCUT2D eigenvalue weighted by Gasteiger charge is 2.26. The van der Waals surface area contributed by atoms with E-state index in [2.05, 4.69) is 22.2 Å². The molecule has 5 heteroatoms. The van der Waals surface area contributed by atoms with E-state index in [4.69, 9.17) is 10.9 Å². The van der Waals surface area contributed by atoms with Gasteiger partial charge in [-0.3, -0.25) is 4.90 Å². The van der Waals surface area contributed by atoms with E-state index in [1.807, 2.05) is 18.2 Å². The average Bonchev–Trinajstić information content (AvgIpc) is 2.46. The van der Waals surface area contributed by atoms with Gasteiger partial charge in [0.2, 0.25) is 0 Å². The molecule has 0 saturated carbocycles. The molecule has 1 aliphatic rings. The van der Waals surface area contributed by atoms with Crippen LogP contribution in [0.15, 0.2) is 35.5 Å². The van der Waals surface area contributed by atoms with Crippen molar-refractivity contribution in [2.45, 2.75) is 31.4 Å². The zero-order valence-electron chi connectivity index (χ0n) is 10.9.